The quantitative estimate of drug-likeness (QED) is 0.499. The maximum Gasteiger partial charge on any atom is 0.239 e. The topological polar surface area (TPSA) is 96.4 Å². The summed E-state index contributed by atoms with van der Waals surface area (Å²) < 4.78 is 0. The average molecular weight is 499 g/mol. The van der Waals surface area contributed by atoms with Crippen LogP contribution in [0.2, 0.25) is 10.0 Å². The molecule has 8 nitrogen and oxygen atoms in total. The number of hydrogen-bond donors (Lipinski definition) is 3. The van der Waals surface area contributed by atoms with Crippen LogP contribution < -0.4 is 5.32 Å². The highest BCUT2D eigenvalue weighted by atomic mass is 35.5. The summed E-state index contributed by atoms with van der Waals surface area (Å²) >= 11 is 12.0. The van der Waals surface area contributed by atoms with E-state index in [-0.39, 0.29) is 17.2 Å². The molecule has 1 aromatic rings. The van der Waals surface area contributed by atoms with E-state index in [1.165, 1.54) is 0 Å². The van der Waals surface area contributed by atoms with E-state index < -0.39 is 18.5 Å². The number of aliphatic hydroxyl groups excluding tert-OH is 2. The van der Waals surface area contributed by atoms with E-state index in [4.69, 9.17) is 23.2 Å². The summed E-state index contributed by atoms with van der Waals surface area (Å²) in [5.41, 5.74) is 0.686. The van der Waals surface area contributed by atoms with E-state index in [1.807, 2.05) is 0 Å². The molecule has 1 aliphatic carbocycles. The summed E-state index contributed by atoms with van der Waals surface area (Å²) in [7, 11) is 0. The smallest absolute Gasteiger partial charge is 0.239 e. The van der Waals surface area contributed by atoms with E-state index in [0.29, 0.717) is 61.3 Å². The van der Waals surface area contributed by atoms with Gasteiger partial charge in [-0.25, -0.2) is 4.90 Å². The Bertz CT molecular complexity index is 897. The molecule has 3 unspecified atom stereocenters. The van der Waals surface area contributed by atoms with E-state index in [1.54, 1.807) is 39.8 Å². The number of carbonyl (C=O) groups excluding carboxylic acids is 2. The second kappa shape index (κ2) is 9.96. The van der Waals surface area contributed by atoms with Gasteiger partial charge in [0.15, 0.2) is 6.35 Å². The number of nitrogens with one attached hydrogen (secondary N) is 1. The maximum absolute atomic E-state index is 12.9. The first kappa shape index (κ1) is 24.5. The molecule has 3 fully saturated rings. The lowest BCUT2D eigenvalue weighted by atomic mass is 9.90. The van der Waals surface area contributed by atoms with Crippen molar-refractivity contribution in [2.24, 2.45) is 5.41 Å². The van der Waals surface area contributed by atoms with Gasteiger partial charge in [0.2, 0.25) is 11.8 Å². The monoisotopic (exact) mass is 498 g/mol. The summed E-state index contributed by atoms with van der Waals surface area (Å²) in [5, 5.41) is 24.7. The molecule has 10 heteroatoms. The fourth-order valence-electron chi connectivity index (χ4n) is 4.89. The predicted molar refractivity (Wildman–Crippen MR) is 127 cm³/mol. The third kappa shape index (κ3) is 5.41. The predicted octanol–water partition coefficient (Wildman–Crippen LogP) is 2.37. The number of benzene rings is 1. The summed E-state index contributed by atoms with van der Waals surface area (Å²) in [4.78, 5) is 30.6. The van der Waals surface area contributed by atoms with Gasteiger partial charge < -0.3 is 25.3 Å². The fourth-order valence-corrected chi connectivity index (χ4v) is 5.19. The summed E-state index contributed by atoms with van der Waals surface area (Å²) in [6, 6.07) is 4.47. The Hall–Kier alpha value is -1.58. The lowest BCUT2D eigenvalue weighted by molar-refractivity contribution is -0.148. The van der Waals surface area contributed by atoms with E-state index in [0.717, 1.165) is 19.3 Å². The highest BCUT2D eigenvalue weighted by Crippen LogP contribution is 2.53. The Kier molecular flexibility index (Phi) is 7.41. The normalized spacial score (nSPS) is 25.9. The van der Waals surface area contributed by atoms with Gasteiger partial charge in [0.1, 0.15) is 0 Å². The largest absolute Gasteiger partial charge is 0.391 e. The highest BCUT2D eigenvalue weighted by Gasteiger charge is 2.51. The molecule has 2 heterocycles. The lowest BCUT2D eigenvalue weighted by Gasteiger charge is -2.41. The number of halogens is 2. The maximum atomic E-state index is 12.9. The van der Waals surface area contributed by atoms with Crippen LogP contribution >= 0.6 is 23.2 Å². The first-order valence-corrected chi connectivity index (χ1v) is 12.4. The van der Waals surface area contributed by atoms with Crippen LogP contribution in [-0.2, 0) is 9.59 Å². The third-order valence-corrected chi connectivity index (χ3v) is 8.11. The zero-order valence-corrected chi connectivity index (χ0v) is 20.4. The number of nitrogens with zero attached hydrogens (tertiary/aromatic N) is 3. The number of amides is 2. The molecule has 182 valence electrons. The van der Waals surface area contributed by atoms with Gasteiger partial charge in [0, 0.05) is 44.8 Å². The van der Waals surface area contributed by atoms with Crippen molar-refractivity contribution in [1.82, 2.24) is 14.7 Å². The lowest BCUT2D eigenvalue weighted by Crippen LogP contribution is -2.60. The Balaban J connectivity index is 1.22. The van der Waals surface area contributed by atoms with Crippen LogP contribution in [0, 0.1) is 5.41 Å². The SMILES string of the molecule is CC1C(=O)N(CCCC(=O)N2CCC3(CC3)C(O)C2)CCN1C(O)Nc1ccc(Cl)c(Cl)c1. The van der Waals surface area contributed by atoms with Crippen molar-refractivity contribution in [2.75, 3.05) is 38.0 Å². The van der Waals surface area contributed by atoms with Crippen molar-refractivity contribution in [3.05, 3.63) is 28.2 Å². The molecule has 2 saturated heterocycles. The molecule has 3 aliphatic rings. The zero-order valence-electron chi connectivity index (χ0n) is 18.8. The fraction of sp³-hybridized carbons (Fsp3) is 0.652. The molecular weight excluding hydrogens is 467 g/mol. The van der Waals surface area contributed by atoms with Gasteiger partial charge in [0.25, 0.3) is 0 Å². The van der Waals surface area contributed by atoms with Crippen molar-refractivity contribution in [3.63, 3.8) is 0 Å². The van der Waals surface area contributed by atoms with Crippen molar-refractivity contribution in [3.8, 4) is 0 Å². The zero-order chi connectivity index (χ0) is 23.8. The number of anilines is 1. The van der Waals surface area contributed by atoms with Crippen LogP contribution in [0.1, 0.15) is 39.0 Å². The van der Waals surface area contributed by atoms with Crippen molar-refractivity contribution in [2.45, 2.75) is 57.5 Å². The van der Waals surface area contributed by atoms with Crippen LogP contribution in [0.5, 0.6) is 0 Å². The minimum atomic E-state index is -1.05. The van der Waals surface area contributed by atoms with Crippen LogP contribution in [0.15, 0.2) is 18.2 Å². The highest BCUT2D eigenvalue weighted by molar-refractivity contribution is 6.42. The molecule has 1 aromatic carbocycles. The van der Waals surface area contributed by atoms with E-state index >= 15 is 0 Å². The molecule has 1 saturated carbocycles. The number of β-amino-alcohol motifs (C(OH)–C–C–N with tert-alkyl or cyclic N) is 1. The van der Waals surface area contributed by atoms with E-state index in [9.17, 15) is 19.8 Å². The first-order valence-electron chi connectivity index (χ1n) is 11.6. The van der Waals surface area contributed by atoms with Gasteiger partial charge in [-0.1, -0.05) is 23.2 Å². The number of carbonyl (C=O) groups is 2. The first-order chi connectivity index (χ1) is 15.7. The Morgan fingerprint density at radius 1 is 1.21 bits per heavy atom. The molecule has 0 bridgehead atoms. The summed E-state index contributed by atoms with van der Waals surface area (Å²) in [6.45, 7) is 4.38. The minimum absolute atomic E-state index is 0.0462. The van der Waals surface area contributed by atoms with Gasteiger partial charge in [-0.3, -0.25) is 9.59 Å². The third-order valence-electron chi connectivity index (χ3n) is 7.37. The van der Waals surface area contributed by atoms with Crippen molar-refractivity contribution in [1.29, 1.82) is 0 Å². The van der Waals surface area contributed by atoms with Gasteiger partial charge in [-0.2, -0.15) is 0 Å². The Morgan fingerprint density at radius 3 is 2.64 bits per heavy atom. The number of likely N-dealkylation sites (tertiary alicyclic amines) is 1. The van der Waals surface area contributed by atoms with Crippen LogP contribution in [0.4, 0.5) is 5.69 Å². The number of hydrogen-bond acceptors (Lipinski definition) is 6. The number of aliphatic hydroxyl groups is 2. The number of rotatable bonds is 7. The van der Waals surface area contributed by atoms with Crippen LogP contribution in [0.25, 0.3) is 0 Å². The molecule has 2 amide bonds. The van der Waals surface area contributed by atoms with Crippen molar-refractivity contribution >= 4 is 40.7 Å². The molecule has 3 atom stereocenters. The van der Waals surface area contributed by atoms with Gasteiger partial charge >= 0.3 is 0 Å². The molecule has 1 spiro atoms. The molecule has 3 N–H and O–H groups in total. The van der Waals surface area contributed by atoms with Crippen LogP contribution in [-0.4, -0.2) is 87.9 Å². The summed E-state index contributed by atoms with van der Waals surface area (Å²) in [5.74, 6) is -0.0299. The number of piperidine rings is 1. The number of piperazine rings is 1. The molecule has 33 heavy (non-hydrogen) atoms. The standard InChI is InChI=1S/C23H32Cl2N4O4/c1-15-21(32)27(9-2-3-20(31)28-10-8-23(6-7-23)19(30)14-28)11-12-29(15)22(33)26-16-4-5-17(24)18(25)13-16/h4-5,13,15,19,22,26,30,33H,2-3,6-12,14H2,1H3. The molecule has 2 aliphatic heterocycles. The molecule has 0 radical (unpaired) electrons. The summed E-state index contributed by atoms with van der Waals surface area (Å²) in [6.07, 6.45) is 2.51. The molecular formula is C23H32Cl2N4O4. The average Bonchev–Trinajstić information content (AvgIpc) is 3.56. The second-order valence-corrected chi connectivity index (χ2v) is 10.3. The van der Waals surface area contributed by atoms with Gasteiger partial charge in [0.05, 0.1) is 22.2 Å². The Morgan fingerprint density at radius 2 is 1.97 bits per heavy atom. The molecule has 0 aromatic heterocycles. The van der Waals surface area contributed by atoms with Crippen molar-refractivity contribution < 1.29 is 19.8 Å². The minimum Gasteiger partial charge on any atom is -0.391 e. The van der Waals surface area contributed by atoms with Gasteiger partial charge in [-0.15, -0.1) is 0 Å². The van der Waals surface area contributed by atoms with Crippen LogP contribution in [0.3, 0.4) is 0 Å². The van der Waals surface area contributed by atoms with Gasteiger partial charge in [-0.05, 0) is 56.2 Å². The Labute approximate surface area is 204 Å². The second-order valence-electron chi connectivity index (χ2n) is 9.46. The molecule has 4 rings (SSSR count). The van der Waals surface area contributed by atoms with E-state index in [2.05, 4.69) is 5.32 Å².